The van der Waals surface area contributed by atoms with Gasteiger partial charge in [-0.2, -0.15) is 0 Å². The third kappa shape index (κ3) is 21.0. The highest BCUT2D eigenvalue weighted by molar-refractivity contribution is 5.86. The largest absolute Gasteiger partial charge is 0.478 e. The van der Waals surface area contributed by atoms with Crippen molar-refractivity contribution in [2.45, 2.75) is 20.8 Å². The lowest BCUT2D eigenvalue weighted by Crippen LogP contribution is -2.03. The summed E-state index contributed by atoms with van der Waals surface area (Å²) >= 11 is 0. The summed E-state index contributed by atoms with van der Waals surface area (Å²) in [5, 5.41) is 7.89. The van der Waals surface area contributed by atoms with Crippen LogP contribution in [-0.4, -0.2) is 36.7 Å². The van der Waals surface area contributed by atoms with Crippen LogP contribution in [0.15, 0.2) is 37.0 Å². The molecule has 0 aliphatic carbocycles. The Kier molecular flexibility index (Phi) is 16.7. The van der Waals surface area contributed by atoms with Crippen LogP contribution in [0.1, 0.15) is 20.8 Å². The van der Waals surface area contributed by atoms with E-state index in [1.165, 1.54) is 14.0 Å². The van der Waals surface area contributed by atoms with Crippen LogP contribution >= 0.6 is 0 Å². The number of hydrogen-bond acceptors (Lipinski definition) is 5. The minimum absolute atomic E-state index is 0.176. The van der Waals surface area contributed by atoms with Crippen molar-refractivity contribution >= 4 is 17.9 Å². The van der Waals surface area contributed by atoms with Crippen molar-refractivity contribution in [3.63, 3.8) is 0 Å². The second-order valence-corrected chi connectivity index (χ2v) is 3.31. The first-order chi connectivity index (χ1) is 9.13. The Hall–Kier alpha value is -2.37. The molecular formula is C14H22O6. The molecule has 0 radical (unpaired) electrons. The molecule has 0 unspecified atom stereocenters. The van der Waals surface area contributed by atoms with E-state index in [1.54, 1.807) is 13.8 Å². The number of carbonyl (C=O) groups excluding carboxylic acids is 2. The van der Waals surface area contributed by atoms with Crippen molar-refractivity contribution < 1.29 is 29.0 Å². The molecule has 0 amide bonds. The van der Waals surface area contributed by atoms with Gasteiger partial charge in [-0.05, 0) is 20.8 Å². The van der Waals surface area contributed by atoms with E-state index in [0.717, 1.165) is 6.08 Å². The van der Waals surface area contributed by atoms with Crippen molar-refractivity contribution in [1.29, 1.82) is 0 Å². The van der Waals surface area contributed by atoms with Gasteiger partial charge in [0.1, 0.15) is 0 Å². The molecule has 0 aromatic rings. The maximum absolute atomic E-state index is 10.4. The molecule has 1 N–H and O–H groups in total. The predicted molar refractivity (Wildman–Crippen MR) is 76.1 cm³/mol. The zero-order valence-corrected chi connectivity index (χ0v) is 12.4. The van der Waals surface area contributed by atoms with Crippen LogP contribution in [0.25, 0.3) is 0 Å². The van der Waals surface area contributed by atoms with Crippen LogP contribution in [0, 0.1) is 0 Å². The number of methoxy groups -OCH3 is 1. The predicted octanol–water partition coefficient (Wildman–Crippen LogP) is 2.12. The lowest BCUT2D eigenvalue weighted by atomic mass is 10.4. The Balaban J connectivity index is -0.000000221. The van der Waals surface area contributed by atoms with E-state index < -0.39 is 11.9 Å². The van der Waals surface area contributed by atoms with Crippen molar-refractivity contribution in [3.05, 3.63) is 37.0 Å². The van der Waals surface area contributed by atoms with E-state index in [2.05, 4.69) is 29.2 Å². The normalized spacial score (nSPS) is 7.60. The second kappa shape index (κ2) is 14.7. The highest BCUT2D eigenvalue weighted by Gasteiger charge is 1.98. The van der Waals surface area contributed by atoms with Gasteiger partial charge in [0.05, 0.1) is 13.7 Å². The summed E-state index contributed by atoms with van der Waals surface area (Å²) < 4.78 is 8.71. The van der Waals surface area contributed by atoms with Crippen molar-refractivity contribution in [1.82, 2.24) is 0 Å². The van der Waals surface area contributed by atoms with Gasteiger partial charge in [-0.25, -0.2) is 14.4 Å². The molecule has 0 saturated heterocycles. The quantitative estimate of drug-likeness (QED) is 0.629. The molecular weight excluding hydrogens is 264 g/mol. The molecule has 6 heteroatoms. The van der Waals surface area contributed by atoms with Crippen LogP contribution in [0.3, 0.4) is 0 Å². The Labute approximate surface area is 119 Å². The molecule has 20 heavy (non-hydrogen) atoms. The van der Waals surface area contributed by atoms with Crippen molar-refractivity contribution in [2.24, 2.45) is 0 Å². The van der Waals surface area contributed by atoms with Gasteiger partial charge in [-0.3, -0.25) is 0 Å². The number of rotatable bonds is 4. The van der Waals surface area contributed by atoms with Gasteiger partial charge in [-0.1, -0.05) is 19.7 Å². The van der Waals surface area contributed by atoms with E-state index >= 15 is 0 Å². The van der Waals surface area contributed by atoms with Gasteiger partial charge in [0.2, 0.25) is 0 Å². The average molecular weight is 286 g/mol. The minimum atomic E-state index is -0.935. The van der Waals surface area contributed by atoms with Crippen LogP contribution in [0.2, 0.25) is 0 Å². The number of carbonyl (C=O) groups is 3. The van der Waals surface area contributed by atoms with E-state index in [0.29, 0.717) is 12.2 Å². The summed E-state index contributed by atoms with van der Waals surface area (Å²) in [4.78, 5) is 29.9. The Morgan fingerprint density at radius 2 is 1.55 bits per heavy atom. The monoisotopic (exact) mass is 286 g/mol. The van der Waals surface area contributed by atoms with Crippen LogP contribution < -0.4 is 0 Å². The van der Waals surface area contributed by atoms with Gasteiger partial charge >= 0.3 is 17.9 Å². The summed E-state index contributed by atoms with van der Waals surface area (Å²) in [6.45, 7) is 15.0. The fraction of sp³-hybridized carbons (Fsp3) is 0.357. The van der Waals surface area contributed by atoms with E-state index in [4.69, 9.17) is 5.11 Å². The van der Waals surface area contributed by atoms with Crippen LogP contribution in [0.5, 0.6) is 0 Å². The highest BCUT2D eigenvalue weighted by Crippen LogP contribution is 1.89. The third-order valence-corrected chi connectivity index (χ3v) is 1.36. The van der Waals surface area contributed by atoms with Gasteiger partial charge in [0, 0.05) is 17.2 Å². The number of carboxylic acids is 1. The van der Waals surface area contributed by atoms with E-state index in [-0.39, 0.29) is 11.5 Å². The van der Waals surface area contributed by atoms with E-state index in [1.807, 2.05) is 0 Å². The van der Waals surface area contributed by atoms with Gasteiger partial charge in [0.15, 0.2) is 0 Å². The summed E-state index contributed by atoms with van der Waals surface area (Å²) in [6, 6.07) is 0. The van der Waals surface area contributed by atoms with Gasteiger partial charge in [0.25, 0.3) is 0 Å². The maximum atomic E-state index is 10.4. The lowest BCUT2D eigenvalue weighted by molar-refractivity contribution is -0.138. The summed E-state index contributed by atoms with van der Waals surface area (Å²) in [5.74, 6) is -1.64. The number of ether oxygens (including phenoxy) is 2. The number of carboxylic acid groups (broad SMARTS) is 1. The van der Waals surface area contributed by atoms with E-state index in [9.17, 15) is 14.4 Å². The fourth-order valence-corrected chi connectivity index (χ4v) is 0.338. The van der Waals surface area contributed by atoms with Crippen molar-refractivity contribution in [3.8, 4) is 0 Å². The average Bonchev–Trinajstić information content (AvgIpc) is 2.39. The first-order valence-electron chi connectivity index (χ1n) is 5.55. The highest BCUT2D eigenvalue weighted by atomic mass is 16.5. The second-order valence-electron chi connectivity index (χ2n) is 3.31. The molecule has 0 atom stereocenters. The first-order valence-corrected chi connectivity index (χ1v) is 5.55. The zero-order valence-electron chi connectivity index (χ0n) is 12.4. The SMILES string of the molecule is C=C(C)C(=O)O.C=C(C)C(=O)OCC.C=CC(=O)OC. The standard InChI is InChI=1S/C6H10O2.2C4H6O2/c1-4-8-6(7)5(2)3;1-3-4(5)6-2;1-3(2)4(5)6/h2,4H2,1,3H3;3H,1H2,2H3;1H2,2H3,(H,5,6). The summed E-state index contributed by atoms with van der Waals surface area (Å²) in [6.07, 6.45) is 1.11. The number of hydrogen-bond donors (Lipinski definition) is 1. The molecule has 6 nitrogen and oxygen atoms in total. The Morgan fingerprint density at radius 3 is 1.60 bits per heavy atom. The summed E-state index contributed by atoms with van der Waals surface area (Å²) in [7, 11) is 1.31. The smallest absolute Gasteiger partial charge is 0.333 e. The Morgan fingerprint density at radius 1 is 1.15 bits per heavy atom. The first kappa shape index (κ1) is 22.8. The molecule has 0 heterocycles. The number of esters is 2. The Bertz CT molecular complexity index is 353. The van der Waals surface area contributed by atoms with Gasteiger partial charge < -0.3 is 14.6 Å². The zero-order chi connectivity index (χ0) is 16.7. The molecule has 0 rings (SSSR count). The van der Waals surface area contributed by atoms with Gasteiger partial charge in [-0.15, -0.1) is 0 Å². The molecule has 0 aliphatic heterocycles. The lowest BCUT2D eigenvalue weighted by Gasteiger charge is -1.96. The molecule has 0 aromatic heterocycles. The molecule has 114 valence electrons. The van der Waals surface area contributed by atoms with Crippen LogP contribution in [0.4, 0.5) is 0 Å². The molecule has 0 bridgehead atoms. The maximum Gasteiger partial charge on any atom is 0.333 e. The third-order valence-electron chi connectivity index (χ3n) is 1.36. The number of aliphatic carboxylic acids is 1. The topological polar surface area (TPSA) is 89.9 Å². The molecule has 0 spiro atoms. The minimum Gasteiger partial charge on any atom is -0.478 e. The molecule has 0 fully saturated rings. The summed E-state index contributed by atoms with van der Waals surface area (Å²) in [5.41, 5.74) is 0.627. The fourth-order valence-electron chi connectivity index (χ4n) is 0.338. The molecule has 0 saturated carbocycles. The molecule has 0 aliphatic rings. The molecule has 0 aromatic carbocycles. The van der Waals surface area contributed by atoms with Crippen molar-refractivity contribution in [2.75, 3.05) is 13.7 Å². The van der Waals surface area contributed by atoms with Crippen LogP contribution in [-0.2, 0) is 23.9 Å².